The molecule has 1 aromatic heterocycles. The lowest BCUT2D eigenvalue weighted by Gasteiger charge is -2.21. The quantitative estimate of drug-likeness (QED) is 0.190. The minimum Gasteiger partial charge on any atom is -0.309 e. The number of fused-ring (bicyclic) bond motifs is 9. The summed E-state index contributed by atoms with van der Waals surface area (Å²) in [5.41, 5.74) is 15.8. The van der Waals surface area contributed by atoms with E-state index in [9.17, 15) is 0 Å². The fourth-order valence-corrected chi connectivity index (χ4v) is 9.77. The minimum atomic E-state index is -0.0387. The van der Waals surface area contributed by atoms with Crippen LogP contribution in [0.4, 0.5) is 0 Å². The Morgan fingerprint density at radius 3 is 2.17 bits per heavy atom. The van der Waals surface area contributed by atoms with Gasteiger partial charge in [-0.2, -0.15) is 0 Å². The molecule has 1 unspecified atom stereocenters. The van der Waals surface area contributed by atoms with Gasteiger partial charge in [0.05, 0.1) is 11.0 Å². The van der Waals surface area contributed by atoms with Gasteiger partial charge < -0.3 is 4.57 Å². The smallest absolute Gasteiger partial charge is 0.0544 e. The summed E-state index contributed by atoms with van der Waals surface area (Å²) in [6, 6.07) is 49.9. The Kier molecular flexibility index (Phi) is 5.75. The van der Waals surface area contributed by atoms with Crippen molar-refractivity contribution in [3.63, 3.8) is 0 Å². The van der Waals surface area contributed by atoms with Gasteiger partial charge in [0.1, 0.15) is 0 Å². The van der Waals surface area contributed by atoms with E-state index >= 15 is 0 Å². The molecule has 0 saturated carbocycles. The Morgan fingerprint density at radius 1 is 0.617 bits per heavy atom. The SMILES string of the molecule is CC1(C)c2ccccc2-c2cc3c4ccccc4n(-c4ccc(-c5ccc(C6=C7Sc8ccccc8C7CC=C6)cc5)cc4)c3cc21. The summed E-state index contributed by atoms with van der Waals surface area (Å²) in [5, 5.41) is 2.61. The Morgan fingerprint density at radius 2 is 1.32 bits per heavy atom. The molecule has 2 heterocycles. The average molecular weight is 620 g/mol. The molecule has 0 spiro atoms. The fourth-order valence-electron chi connectivity index (χ4n) is 8.40. The van der Waals surface area contributed by atoms with Crippen LogP contribution in [0.1, 0.15) is 48.4 Å². The Hall–Kier alpha value is -5.05. The summed E-state index contributed by atoms with van der Waals surface area (Å²) >= 11 is 1.95. The van der Waals surface area contributed by atoms with Crippen LogP contribution >= 0.6 is 11.8 Å². The summed E-state index contributed by atoms with van der Waals surface area (Å²) in [7, 11) is 0. The van der Waals surface area contributed by atoms with Crippen molar-refractivity contribution in [2.24, 2.45) is 0 Å². The van der Waals surface area contributed by atoms with Crippen LogP contribution < -0.4 is 0 Å². The predicted molar refractivity (Wildman–Crippen MR) is 199 cm³/mol. The van der Waals surface area contributed by atoms with Crippen LogP contribution in [0.3, 0.4) is 0 Å². The van der Waals surface area contributed by atoms with Gasteiger partial charge in [-0.1, -0.05) is 135 Å². The van der Waals surface area contributed by atoms with Gasteiger partial charge in [-0.05, 0) is 92.9 Å². The van der Waals surface area contributed by atoms with E-state index in [0.29, 0.717) is 5.92 Å². The monoisotopic (exact) mass is 619 g/mol. The molecule has 2 heteroatoms. The topological polar surface area (TPSA) is 4.93 Å². The zero-order valence-corrected chi connectivity index (χ0v) is 27.3. The second-order valence-corrected chi connectivity index (χ2v) is 14.8. The maximum Gasteiger partial charge on any atom is 0.0544 e. The second-order valence-electron chi connectivity index (χ2n) is 13.7. The summed E-state index contributed by atoms with van der Waals surface area (Å²) in [5.74, 6) is 0.492. The van der Waals surface area contributed by atoms with Crippen molar-refractivity contribution in [3.8, 4) is 27.9 Å². The first-order valence-electron chi connectivity index (χ1n) is 16.6. The Balaban J connectivity index is 1.03. The van der Waals surface area contributed by atoms with Gasteiger partial charge in [0.15, 0.2) is 0 Å². The Bertz CT molecular complexity index is 2470. The molecule has 0 radical (unpaired) electrons. The molecule has 1 nitrogen and oxygen atoms in total. The molecule has 0 bridgehead atoms. The molecule has 7 aromatic rings. The molecule has 0 saturated heterocycles. The van der Waals surface area contributed by atoms with Gasteiger partial charge >= 0.3 is 0 Å². The lowest BCUT2D eigenvalue weighted by Crippen LogP contribution is -2.14. The maximum atomic E-state index is 2.46. The molecule has 0 amide bonds. The van der Waals surface area contributed by atoms with Gasteiger partial charge in [0.25, 0.3) is 0 Å². The lowest BCUT2D eigenvalue weighted by molar-refractivity contribution is 0.661. The molecular formula is C45H33NS. The lowest BCUT2D eigenvalue weighted by atomic mass is 9.82. The van der Waals surface area contributed by atoms with Crippen molar-refractivity contribution in [1.82, 2.24) is 4.57 Å². The van der Waals surface area contributed by atoms with Crippen molar-refractivity contribution in [2.45, 2.75) is 36.5 Å². The molecule has 1 aliphatic heterocycles. The van der Waals surface area contributed by atoms with Crippen LogP contribution in [0, 0.1) is 0 Å². The van der Waals surface area contributed by atoms with E-state index in [4.69, 9.17) is 0 Å². The van der Waals surface area contributed by atoms with Gasteiger partial charge in [-0.3, -0.25) is 0 Å². The number of thioether (sulfide) groups is 1. The molecule has 3 aliphatic rings. The van der Waals surface area contributed by atoms with E-state index in [-0.39, 0.29) is 5.41 Å². The molecule has 47 heavy (non-hydrogen) atoms. The van der Waals surface area contributed by atoms with E-state index in [1.54, 1.807) is 0 Å². The standard InChI is InChI=1S/C45H33NS/c1-45(2)39-15-6-3-10-33(39)37-26-38-34-11-4-7-16-41(34)46(42(38)27-40(37)45)31-24-22-29(23-25-31)28-18-20-30(21-19-28)32-13-9-14-36-35-12-5-8-17-43(35)47-44(32)36/h3-13,15-27,36H,14H2,1-2H3. The zero-order chi connectivity index (χ0) is 31.3. The average Bonchev–Trinajstić information content (AvgIpc) is 3.73. The first-order chi connectivity index (χ1) is 23.1. The first kappa shape index (κ1) is 27.1. The highest BCUT2D eigenvalue weighted by Crippen LogP contribution is 2.55. The van der Waals surface area contributed by atoms with Crippen molar-refractivity contribution < 1.29 is 0 Å². The third-order valence-electron chi connectivity index (χ3n) is 10.8. The number of hydrogen-bond donors (Lipinski definition) is 0. The summed E-state index contributed by atoms with van der Waals surface area (Å²) in [4.78, 5) is 2.90. The molecule has 224 valence electrons. The zero-order valence-electron chi connectivity index (χ0n) is 26.5. The van der Waals surface area contributed by atoms with Crippen LogP contribution in [-0.2, 0) is 5.41 Å². The van der Waals surface area contributed by atoms with E-state index in [2.05, 4.69) is 164 Å². The number of allylic oxidation sites excluding steroid dienone is 4. The second kappa shape index (κ2) is 9.97. The number of nitrogens with zero attached hydrogens (tertiary/aromatic N) is 1. The molecule has 1 atom stereocenters. The number of benzene rings is 6. The summed E-state index contributed by atoms with van der Waals surface area (Å²) < 4.78 is 2.45. The highest BCUT2D eigenvalue weighted by atomic mass is 32.2. The van der Waals surface area contributed by atoms with Crippen molar-refractivity contribution in [3.05, 3.63) is 173 Å². The largest absolute Gasteiger partial charge is 0.309 e. The number of rotatable bonds is 3. The van der Waals surface area contributed by atoms with Crippen molar-refractivity contribution in [2.75, 3.05) is 0 Å². The third kappa shape index (κ3) is 3.92. The minimum absolute atomic E-state index is 0.0387. The van der Waals surface area contributed by atoms with E-state index < -0.39 is 0 Å². The maximum absolute atomic E-state index is 2.46. The van der Waals surface area contributed by atoms with Gasteiger partial charge in [-0.15, -0.1) is 0 Å². The van der Waals surface area contributed by atoms with Crippen molar-refractivity contribution >= 4 is 39.1 Å². The van der Waals surface area contributed by atoms with Gasteiger partial charge in [0, 0.05) is 37.6 Å². The third-order valence-corrected chi connectivity index (χ3v) is 12.1. The van der Waals surface area contributed by atoms with Gasteiger partial charge in [-0.25, -0.2) is 0 Å². The van der Waals surface area contributed by atoms with Crippen LogP contribution in [0.2, 0.25) is 0 Å². The molecule has 0 fully saturated rings. The fraction of sp³-hybridized carbons (Fsp3) is 0.111. The van der Waals surface area contributed by atoms with Crippen LogP contribution in [-0.4, -0.2) is 4.57 Å². The van der Waals surface area contributed by atoms with Crippen LogP contribution in [0.25, 0.3) is 55.3 Å². The molecular weight excluding hydrogens is 587 g/mol. The van der Waals surface area contributed by atoms with Crippen LogP contribution in [0.5, 0.6) is 0 Å². The van der Waals surface area contributed by atoms with Crippen LogP contribution in [0.15, 0.2) is 155 Å². The first-order valence-corrected chi connectivity index (χ1v) is 17.4. The molecule has 6 aromatic carbocycles. The number of para-hydroxylation sites is 1. The summed E-state index contributed by atoms with van der Waals surface area (Å²) in [6.45, 7) is 4.73. The summed E-state index contributed by atoms with van der Waals surface area (Å²) in [6.07, 6.45) is 5.77. The molecule has 10 rings (SSSR count). The number of aromatic nitrogens is 1. The van der Waals surface area contributed by atoms with E-state index in [1.807, 2.05) is 11.8 Å². The predicted octanol–water partition coefficient (Wildman–Crippen LogP) is 12.3. The van der Waals surface area contributed by atoms with E-state index in [0.717, 1.165) is 6.42 Å². The normalized spacial score (nSPS) is 17.2. The molecule has 0 N–H and O–H groups in total. The van der Waals surface area contributed by atoms with Gasteiger partial charge in [0.2, 0.25) is 0 Å². The Labute approximate surface area is 279 Å². The highest BCUT2D eigenvalue weighted by molar-refractivity contribution is 8.03. The van der Waals surface area contributed by atoms with E-state index in [1.165, 1.54) is 87.4 Å². The highest BCUT2D eigenvalue weighted by Gasteiger charge is 2.36. The number of hydrogen-bond acceptors (Lipinski definition) is 1. The van der Waals surface area contributed by atoms with Crippen molar-refractivity contribution in [1.29, 1.82) is 0 Å². The molecule has 2 aliphatic carbocycles.